The van der Waals surface area contributed by atoms with Gasteiger partial charge in [-0.15, -0.1) is 0 Å². The first-order valence-electron chi connectivity index (χ1n) is 10.6. The van der Waals surface area contributed by atoms with E-state index in [1.807, 2.05) is 26.0 Å². The highest BCUT2D eigenvalue weighted by molar-refractivity contribution is 5.95. The Balaban J connectivity index is 1.73. The molecule has 2 heterocycles. The highest BCUT2D eigenvalue weighted by Gasteiger charge is 2.25. The fourth-order valence-corrected chi connectivity index (χ4v) is 3.87. The van der Waals surface area contributed by atoms with E-state index in [1.165, 1.54) is 0 Å². The number of benzene rings is 2. The molecule has 8 heteroatoms. The van der Waals surface area contributed by atoms with Crippen LogP contribution in [0.2, 0.25) is 0 Å². The van der Waals surface area contributed by atoms with Gasteiger partial charge in [0, 0.05) is 35.5 Å². The Hall–Kier alpha value is -3.81. The zero-order chi connectivity index (χ0) is 23.5. The maximum absolute atomic E-state index is 13.4. The van der Waals surface area contributed by atoms with Crippen LogP contribution in [0.4, 0.5) is 0 Å². The number of aryl methyl sites for hydroxylation is 2. The van der Waals surface area contributed by atoms with Gasteiger partial charge in [-0.25, -0.2) is 4.98 Å². The molecular formula is C25H27N3O5. The third-order valence-corrected chi connectivity index (χ3v) is 5.56. The van der Waals surface area contributed by atoms with Crippen molar-refractivity contribution in [1.29, 1.82) is 0 Å². The molecule has 0 unspecified atom stereocenters. The summed E-state index contributed by atoms with van der Waals surface area (Å²) < 4.78 is 22.3. The number of rotatable bonds is 5. The fraction of sp³-hybridized carbons (Fsp3) is 0.320. The maximum atomic E-state index is 13.4. The van der Waals surface area contributed by atoms with E-state index in [2.05, 4.69) is 9.97 Å². The summed E-state index contributed by atoms with van der Waals surface area (Å²) in [4.78, 5) is 24.3. The summed E-state index contributed by atoms with van der Waals surface area (Å²) in [6.45, 7) is 4.95. The Labute approximate surface area is 193 Å². The van der Waals surface area contributed by atoms with E-state index >= 15 is 0 Å². The number of hydrogen-bond donors (Lipinski definition) is 0. The lowest BCUT2D eigenvalue weighted by molar-refractivity contribution is 0.0732. The summed E-state index contributed by atoms with van der Waals surface area (Å²) >= 11 is 0. The van der Waals surface area contributed by atoms with Gasteiger partial charge in [-0.05, 0) is 38.1 Å². The number of aromatic nitrogens is 2. The summed E-state index contributed by atoms with van der Waals surface area (Å²) in [6.07, 6.45) is 1.74. The normalized spacial score (nSPS) is 12.9. The Morgan fingerprint density at radius 3 is 2.39 bits per heavy atom. The summed E-state index contributed by atoms with van der Waals surface area (Å²) in [6, 6.07) is 9.05. The highest BCUT2D eigenvalue weighted by Crippen LogP contribution is 2.38. The lowest BCUT2D eigenvalue weighted by Gasteiger charge is -2.21. The van der Waals surface area contributed by atoms with Crippen LogP contribution >= 0.6 is 0 Å². The number of methoxy groups -OCH3 is 3. The minimum Gasteiger partial charge on any atom is -0.497 e. The molecule has 3 aromatic rings. The second-order valence-corrected chi connectivity index (χ2v) is 7.79. The number of fused-ring (bicyclic) bond motifs is 1. The molecule has 33 heavy (non-hydrogen) atoms. The number of hydrogen-bond acceptors (Lipinski definition) is 7. The van der Waals surface area contributed by atoms with Crippen LogP contribution in [0.1, 0.15) is 27.3 Å². The molecule has 8 nitrogen and oxygen atoms in total. The van der Waals surface area contributed by atoms with Gasteiger partial charge in [-0.1, -0.05) is 0 Å². The van der Waals surface area contributed by atoms with Gasteiger partial charge in [-0.2, -0.15) is 0 Å². The first-order valence-corrected chi connectivity index (χ1v) is 10.6. The summed E-state index contributed by atoms with van der Waals surface area (Å²) in [5.41, 5.74) is 4.60. The van der Waals surface area contributed by atoms with E-state index < -0.39 is 0 Å². The molecule has 1 aliphatic rings. The molecule has 0 aliphatic carbocycles. The lowest BCUT2D eigenvalue weighted by atomic mass is 10.0. The molecule has 1 amide bonds. The Bertz CT molecular complexity index is 1170. The Morgan fingerprint density at radius 1 is 1.00 bits per heavy atom. The van der Waals surface area contributed by atoms with Crippen molar-refractivity contribution in [3.05, 3.63) is 59.0 Å². The van der Waals surface area contributed by atoms with Gasteiger partial charge < -0.3 is 23.8 Å². The first-order chi connectivity index (χ1) is 15.9. The monoisotopic (exact) mass is 449 g/mol. The SMILES string of the molecule is COc1cc(OC)cc(C(=O)N2CCOc3c(cc(-c4nc(C)cnc4C)cc3OC)C2)c1. The molecule has 0 atom stereocenters. The van der Waals surface area contributed by atoms with Gasteiger partial charge in [0.2, 0.25) is 0 Å². The quantitative estimate of drug-likeness (QED) is 0.586. The minimum absolute atomic E-state index is 0.139. The van der Waals surface area contributed by atoms with Gasteiger partial charge in [-0.3, -0.25) is 9.78 Å². The third-order valence-electron chi connectivity index (χ3n) is 5.56. The highest BCUT2D eigenvalue weighted by atomic mass is 16.5. The zero-order valence-corrected chi connectivity index (χ0v) is 19.5. The van der Waals surface area contributed by atoms with E-state index in [0.29, 0.717) is 48.3 Å². The molecule has 2 aromatic carbocycles. The maximum Gasteiger partial charge on any atom is 0.254 e. The second-order valence-electron chi connectivity index (χ2n) is 7.79. The first kappa shape index (κ1) is 22.4. The smallest absolute Gasteiger partial charge is 0.254 e. The van der Waals surface area contributed by atoms with Crippen LogP contribution in [-0.2, 0) is 6.54 Å². The molecule has 0 bridgehead atoms. The zero-order valence-electron chi connectivity index (χ0n) is 19.5. The van der Waals surface area contributed by atoms with Gasteiger partial charge in [0.25, 0.3) is 5.91 Å². The number of nitrogens with zero attached hydrogens (tertiary/aromatic N) is 3. The van der Waals surface area contributed by atoms with Crippen molar-refractivity contribution in [2.75, 3.05) is 34.5 Å². The lowest BCUT2D eigenvalue weighted by Crippen LogP contribution is -2.32. The molecule has 0 saturated heterocycles. The molecule has 4 rings (SSSR count). The topological polar surface area (TPSA) is 83.0 Å². The van der Waals surface area contributed by atoms with Crippen molar-refractivity contribution in [2.24, 2.45) is 0 Å². The van der Waals surface area contributed by atoms with Crippen molar-refractivity contribution in [3.63, 3.8) is 0 Å². The Kier molecular flexibility index (Phi) is 6.35. The van der Waals surface area contributed by atoms with Crippen LogP contribution in [-0.4, -0.2) is 55.3 Å². The van der Waals surface area contributed by atoms with Gasteiger partial charge in [0.1, 0.15) is 18.1 Å². The Morgan fingerprint density at radius 2 is 1.73 bits per heavy atom. The number of ether oxygens (including phenoxy) is 4. The molecule has 0 spiro atoms. The van der Waals surface area contributed by atoms with Crippen molar-refractivity contribution >= 4 is 5.91 Å². The number of carbonyl (C=O) groups is 1. The average molecular weight is 450 g/mol. The molecule has 0 saturated carbocycles. The fourth-order valence-electron chi connectivity index (χ4n) is 3.87. The van der Waals surface area contributed by atoms with E-state index in [-0.39, 0.29) is 5.91 Å². The van der Waals surface area contributed by atoms with E-state index in [9.17, 15) is 4.79 Å². The van der Waals surface area contributed by atoms with Gasteiger partial charge in [0.15, 0.2) is 11.5 Å². The van der Waals surface area contributed by atoms with E-state index in [4.69, 9.17) is 18.9 Å². The second kappa shape index (κ2) is 9.36. The van der Waals surface area contributed by atoms with Gasteiger partial charge >= 0.3 is 0 Å². The van der Waals surface area contributed by atoms with Crippen LogP contribution in [0.15, 0.2) is 36.5 Å². The molecule has 0 radical (unpaired) electrons. The summed E-state index contributed by atoms with van der Waals surface area (Å²) in [7, 11) is 4.72. The van der Waals surface area contributed by atoms with Crippen molar-refractivity contribution < 1.29 is 23.7 Å². The molecule has 0 N–H and O–H groups in total. The predicted octanol–water partition coefficient (Wildman–Crippen LogP) is 3.82. The third kappa shape index (κ3) is 4.55. The summed E-state index contributed by atoms with van der Waals surface area (Å²) in [5.74, 6) is 2.21. The average Bonchev–Trinajstić information content (AvgIpc) is 3.06. The van der Waals surface area contributed by atoms with Crippen molar-refractivity contribution in [3.8, 4) is 34.3 Å². The van der Waals surface area contributed by atoms with Crippen LogP contribution in [0, 0.1) is 13.8 Å². The van der Waals surface area contributed by atoms with Crippen molar-refractivity contribution in [2.45, 2.75) is 20.4 Å². The molecule has 0 fully saturated rings. The van der Waals surface area contributed by atoms with Gasteiger partial charge in [0.05, 0.1) is 45.0 Å². The molecular weight excluding hydrogens is 422 g/mol. The van der Waals surface area contributed by atoms with Crippen LogP contribution in [0.5, 0.6) is 23.0 Å². The summed E-state index contributed by atoms with van der Waals surface area (Å²) in [5, 5.41) is 0. The van der Waals surface area contributed by atoms with Crippen LogP contribution in [0.25, 0.3) is 11.3 Å². The number of amides is 1. The number of carbonyl (C=O) groups excluding carboxylic acids is 1. The largest absolute Gasteiger partial charge is 0.497 e. The van der Waals surface area contributed by atoms with Crippen LogP contribution in [0.3, 0.4) is 0 Å². The predicted molar refractivity (Wildman–Crippen MR) is 123 cm³/mol. The standard InChI is InChI=1S/C25H27N3O5/c1-15-13-26-16(2)23(27-15)17-8-19-14-28(6-7-33-24(19)22(11-17)32-5)25(29)18-9-20(30-3)12-21(10-18)31-4/h8-13H,6-7,14H2,1-5H3. The minimum atomic E-state index is -0.139. The molecule has 172 valence electrons. The van der Waals surface area contributed by atoms with E-state index in [1.54, 1.807) is 50.6 Å². The van der Waals surface area contributed by atoms with Crippen molar-refractivity contribution in [1.82, 2.24) is 14.9 Å². The van der Waals surface area contributed by atoms with E-state index in [0.717, 1.165) is 28.2 Å². The molecule has 1 aliphatic heterocycles. The molecule has 1 aromatic heterocycles. The van der Waals surface area contributed by atoms with Crippen LogP contribution < -0.4 is 18.9 Å².